The first-order chi connectivity index (χ1) is 19.3. The maximum atomic E-state index is 4.64. The molecule has 0 fully saturated rings. The van der Waals surface area contributed by atoms with E-state index in [1.807, 2.05) is 35.8 Å². The van der Waals surface area contributed by atoms with Crippen molar-refractivity contribution in [3.8, 4) is 22.4 Å². The molecule has 0 N–H and O–H groups in total. The maximum Gasteiger partial charge on any atom is 0.0745 e. The van der Waals surface area contributed by atoms with E-state index in [4.69, 9.17) is 0 Å². The van der Waals surface area contributed by atoms with Crippen molar-refractivity contribution in [2.24, 2.45) is 0 Å². The van der Waals surface area contributed by atoms with Crippen LogP contribution < -0.4 is 0 Å². The largest absolute Gasteiger partial charge is 0.256 e. The van der Waals surface area contributed by atoms with Gasteiger partial charge in [-0.15, -0.1) is 0 Å². The monoisotopic (exact) mass is 533 g/mol. The molecule has 1 nitrogen and oxygen atoms in total. The van der Waals surface area contributed by atoms with Crippen LogP contribution in [0.1, 0.15) is 22.3 Å². The van der Waals surface area contributed by atoms with E-state index in [1.165, 1.54) is 53.0 Å². The van der Waals surface area contributed by atoms with Gasteiger partial charge in [0, 0.05) is 31.3 Å². The number of fused-ring (bicyclic) bond motifs is 8. The zero-order chi connectivity index (χ0) is 25.8. The van der Waals surface area contributed by atoms with Crippen LogP contribution in [0.2, 0.25) is 0 Å². The third kappa shape index (κ3) is 3.47. The predicted octanol–water partition coefficient (Wildman–Crippen LogP) is 9.73. The molecule has 1 aromatic heterocycles. The highest BCUT2D eigenvalue weighted by Crippen LogP contribution is 2.62. The molecule has 0 bridgehead atoms. The van der Waals surface area contributed by atoms with Gasteiger partial charge >= 0.3 is 0 Å². The molecule has 39 heavy (non-hydrogen) atoms. The van der Waals surface area contributed by atoms with Gasteiger partial charge in [0.25, 0.3) is 0 Å². The summed E-state index contributed by atoms with van der Waals surface area (Å²) in [4.78, 5) is 9.87. The Hall–Kier alpha value is -4.05. The number of nitrogens with zero attached hydrogens (tertiary/aromatic N) is 1. The van der Waals surface area contributed by atoms with Crippen molar-refractivity contribution in [1.29, 1.82) is 0 Å². The summed E-state index contributed by atoms with van der Waals surface area (Å²) >= 11 is 3.77. The highest BCUT2D eigenvalue weighted by atomic mass is 32.2. The van der Waals surface area contributed by atoms with Crippen molar-refractivity contribution in [1.82, 2.24) is 4.98 Å². The number of hydrogen-bond donors (Lipinski definition) is 0. The van der Waals surface area contributed by atoms with Crippen molar-refractivity contribution in [3.63, 3.8) is 0 Å². The van der Waals surface area contributed by atoms with E-state index in [0.29, 0.717) is 0 Å². The summed E-state index contributed by atoms with van der Waals surface area (Å²) in [5.41, 5.74) is 9.65. The summed E-state index contributed by atoms with van der Waals surface area (Å²) in [6.45, 7) is 0. The predicted molar refractivity (Wildman–Crippen MR) is 162 cm³/mol. The lowest BCUT2D eigenvalue weighted by molar-refractivity contribution is 0.667. The summed E-state index contributed by atoms with van der Waals surface area (Å²) in [6, 6.07) is 48.8. The van der Waals surface area contributed by atoms with Gasteiger partial charge in [-0.1, -0.05) is 121 Å². The Kier molecular flexibility index (Phi) is 5.29. The quantitative estimate of drug-likeness (QED) is 0.219. The second kappa shape index (κ2) is 9.01. The number of pyridine rings is 1. The van der Waals surface area contributed by atoms with Gasteiger partial charge in [0.1, 0.15) is 0 Å². The number of benzene rings is 5. The lowest BCUT2D eigenvalue weighted by atomic mass is 9.64. The van der Waals surface area contributed by atoms with E-state index < -0.39 is 5.41 Å². The molecular formula is C36H23NS2. The molecule has 0 aliphatic carbocycles. The van der Waals surface area contributed by atoms with E-state index >= 15 is 0 Å². The van der Waals surface area contributed by atoms with Crippen LogP contribution in [-0.2, 0) is 5.41 Å². The van der Waals surface area contributed by atoms with E-state index in [0.717, 1.165) is 11.3 Å². The SMILES string of the molecule is c1ccc(-c2ccc3c(c2)Sc2ccccc2C32c3ccccc3Sc3cc(-c4ccccn4)ccc32)cc1. The van der Waals surface area contributed by atoms with Crippen molar-refractivity contribution < 1.29 is 0 Å². The van der Waals surface area contributed by atoms with Gasteiger partial charge in [0.05, 0.1) is 11.1 Å². The Labute approximate surface area is 237 Å². The smallest absolute Gasteiger partial charge is 0.0745 e. The van der Waals surface area contributed by atoms with Gasteiger partial charge in [0.2, 0.25) is 0 Å². The molecule has 5 aromatic carbocycles. The highest BCUT2D eigenvalue weighted by Gasteiger charge is 2.48. The summed E-state index contributed by atoms with van der Waals surface area (Å²) < 4.78 is 0. The summed E-state index contributed by atoms with van der Waals surface area (Å²) in [5, 5.41) is 0. The molecule has 3 heterocycles. The average molecular weight is 534 g/mol. The van der Waals surface area contributed by atoms with Crippen molar-refractivity contribution in [2.45, 2.75) is 25.0 Å². The molecule has 2 aliphatic rings. The van der Waals surface area contributed by atoms with Crippen LogP contribution in [0.5, 0.6) is 0 Å². The second-order valence-electron chi connectivity index (χ2n) is 9.95. The molecule has 1 spiro atoms. The molecule has 1 atom stereocenters. The molecular weight excluding hydrogens is 511 g/mol. The zero-order valence-corrected chi connectivity index (χ0v) is 22.7. The lowest BCUT2D eigenvalue weighted by Crippen LogP contribution is -2.36. The standard InChI is InChI=1S/C36H23NS2/c1-2-10-24(11-3-1)25-17-19-29-34(22-25)38-32-15-6-4-12-27(32)36(29)28-13-5-7-16-33(28)39-35-23-26(18-20-30(35)36)31-14-8-9-21-37-31/h1-23H. The molecule has 0 radical (unpaired) electrons. The van der Waals surface area contributed by atoms with Gasteiger partial charge in [-0.3, -0.25) is 4.98 Å². The van der Waals surface area contributed by atoms with Gasteiger partial charge in [-0.2, -0.15) is 0 Å². The van der Waals surface area contributed by atoms with Gasteiger partial charge in [-0.25, -0.2) is 0 Å². The van der Waals surface area contributed by atoms with Crippen LogP contribution in [0.4, 0.5) is 0 Å². The fourth-order valence-corrected chi connectivity index (χ4v) is 8.64. The molecule has 1 unspecified atom stereocenters. The Balaban J connectivity index is 1.44. The summed E-state index contributed by atoms with van der Waals surface area (Å²) in [7, 11) is 0. The van der Waals surface area contributed by atoms with Crippen molar-refractivity contribution >= 4 is 23.5 Å². The zero-order valence-electron chi connectivity index (χ0n) is 21.0. The Morgan fingerprint density at radius 2 is 0.949 bits per heavy atom. The molecule has 184 valence electrons. The first-order valence-electron chi connectivity index (χ1n) is 13.1. The van der Waals surface area contributed by atoms with Crippen LogP contribution in [0.25, 0.3) is 22.4 Å². The second-order valence-corrected chi connectivity index (χ2v) is 12.1. The van der Waals surface area contributed by atoms with Gasteiger partial charge in [-0.05, 0) is 69.8 Å². The summed E-state index contributed by atoms with van der Waals surface area (Å²) in [5.74, 6) is 0. The molecule has 3 heteroatoms. The number of hydrogen-bond acceptors (Lipinski definition) is 3. The Morgan fingerprint density at radius 3 is 1.59 bits per heavy atom. The van der Waals surface area contributed by atoms with Crippen LogP contribution in [0.3, 0.4) is 0 Å². The minimum absolute atomic E-state index is 0.397. The molecule has 2 aliphatic heterocycles. The topological polar surface area (TPSA) is 12.9 Å². The number of aromatic nitrogens is 1. The summed E-state index contributed by atoms with van der Waals surface area (Å²) in [6.07, 6.45) is 1.87. The first-order valence-corrected chi connectivity index (χ1v) is 14.8. The van der Waals surface area contributed by atoms with Crippen molar-refractivity contribution in [3.05, 3.63) is 162 Å². The average Bonchev–Trinajstić information content (AvgIpc) is 3.01. The Bertz CT molecular complexity index is 1720. The fraction of sp³-hybridized carbons (Fsp3) is 0.0278. The lowest BCUT2D eigenvalue weighted by Gasteiger charge is -2.45. The molecule has 8 rings (SSSR count). The van der Waals surface area contributed by atoms with E-state index in [1.54, 1.807) is 0 Å². The van der Waals surface area contributed by atoms with Crippen LogP contribution >= 0.6 is 23.5 Å². The van der Waals surface area contributed by atoms with Crippen LogP contribution in [0, 0.1) is 0 Å². The first kappa shape index (κ1) is 22.9. The van der Waals surface area contributed by atoms with E-state index in [9.17, 15) is 0 Å². The maximum absolute atomic E-state index is 4.64. The van der Waals surface area contributed by atoms with Crippen LogP contribution in [0.15, 0.2) is 159 Å². The fourth-order valence-electron chi connectivity index (χ4n) is 6.17. The van der Waals surface area contributed by atoms with Crippen LogP contribution in [-0.4, -0.2) is 4.98 Å². The Morgan fingerprint density at radius 1 is 0.410 bits per heavy atom. The molecule has 6 aromatic rings. The van der Waals surface area contributed by atoms with Crippen molar-refractivity contribution in [2.75, 3.05) is 0 Å². The van der Waals surface area contributed by atoms with E-state index in [2.05, 4.69) is 132 Å². The third-order valence-corrected chi connectivity index (χ3v) is 10.1. The van der Waals surface area contributed by atoms with Gasteiger partial charge in [0.15, 0.2) is 0 Å². The van der Waals surface area contributed by atoms with E-state index in [-0.39, 0.29) is 0 Å². The van der Waals surface area contributed by atoms with Gasteiger partial charge < -0.3 is 0 Å². The number of rotatable bonds is 2. The molecule has 0 amide bonds. The molecule has 0 saturated carbocycles. The third-order valence-electron chi connectivity index (χ3n) is 7.86. The normalized spacial score (nSPS) is 16.6. The highest BCUT2D eigenvalue weighted by molar-refractivity contribution is 8.00. The molecule has 0 saturated heterocycles. The minimum atomic E-state index is -0.397. The minimum Gasteiger partial charge on any atom is -0.256 e.